The summed E-state index contributed by atoms with van der Waals surface area (Å²) in [6.45, 7) is 6.11. The second-order valence-corrected chi connectivity index (χ2v) is 12.4. The topological polar surface area (TPSA) is 77.0 Å². The van der Waals surface area contributed by atoms with Crippen molar-refractivity contribution in [3.8, 4) is 22.9 Å². The highest BCUT2D eigenvalue weighted by Gasteiger charge is 2.44. The molecule has 4 aromatic rings. The Bertz CT molecular complexity index is 1590. The minimum absolute atomic E-state index is 0.267. The number of benzene rings is 3. The lowest BCUT2D eigenvalue weighted by molar-refractivity contribution is 0.117. The van der Waals surface area contributed by atoms with Gasteiger partial charge in [-0.2, -0.15) is 9.97 Å². The summed E-state index contributed by atoms with van der Waals surface area (Å²) in [5.41, 5.74) is 2.92. The first kappa shape index (κ1) is 25.3. The average molecular weight is 551 g/mol. The molecular formula is C33H38N6O2. The number of aromatic hydroxyl groups is 1. The van der Waals surface area contributed by atoms with Gasteiger partial charge in [-0.15, -0.1) is 0 Å². The van der Waals surface area contributed by atoms with E-state index in [-0.39, 0.29) is 5.75 Å². The molecule has 8 nitrogen and oxygen atoms in total. The number of ether oxygens (including phenoxy) is 1. The maximum Gasteiger partial charge on any atom is 0.319 e. The molecule has 4 fully saturated rings. The number of nitrogens with zero attached hydrogens (tertiary/aromatic N) is 5. The summed E-state index contributed by atoms with van der Waals surface area (Å²) < 4.78 is 6.36. The Labute approximate surface area is 240 Å². The number of hydrogen-bond donors (Lipinski definition) is 2. The quantitative estimate of drug-likeness (QED) is 0.369. The van der Waals surface area contributed by atoms with Crippen LogP contribution in [0.2, 0.25) is 0 Å². The van der Waals surface area contributed by atoms with Crippen LogP contribution in [-0.2, 0) is 0 Å². The fourth-order valence-corrected chi connectivity index (χ4v) is 7.53. The van der Waals surface area contributed by atoms with Crippen molar-refractivity contribution >= 4 is 27.5 Å². The van der Waals surface area contributed by atoms with Crippen LogP contribution >= 0.6 is 0 Å². The lowest BCUT2D eigenvalue weighted by Gasteiger charge is -2.47. The number of phenolic OH excluding ortho intramolecular Hbond substituents is 1. The maximum absolute atomic E-state index is 10.5. The Morgan fingerprint density at radius 3 is 2.51 bits per heavy atom. The number of phenols is 1. The fraction of sp³-hybridized carbons (Fsp3) is 0.455. The van der Waals surface area contributed by atoms with Gasteiger partial charge in [-0.05, 0) is 85.4 Å². The zero-order valence-corrected chi connectivity index (χ0v) is 23.7. The van der Waals surface area contributed by atoms with Crippen LogP contribution in [0.15, 0.2) is 54.6 Å². The predicted octanol–water partition coefficient (Wildman–Crippen LogP) is 4.25. The van der Waals surface area contributed by atoms with E-state index in [1.807, 2.05) is 30.3 Å². The number of rotatable bonds is 6. The Morgan fingerprint density at radius 1 is 0.927 bits per heavy atom. The molecule has 0 radical (unpaired) electrons. The molecule has 4 aliphatic rings. The summed E-state index contributed by atoms with van der Waals surface area (Å²) in [5, 5.41) is 17.2. The first-order valence-electron chi connectivity index (χ1n) is 15.2. The number of nitrogens with one attached hydrogen (secondary N) is 1. The Morgan fingerprint density at radius 2 is 1.76 bits per heavy atom. The first-order chi connectivity index (χ1) is 20.1. The van der Waals surface area contributed by atoms with Gasteiger partial charge < -0.3 is 25.0 Å². The third-order valence-electron chi connectivity index (χ3n) is 9.92. The molecule has 2 bridgehead atoms. The second kappa shape index (κ2) is 10.1. The SMILES string of the molecule is CN1CCC[C@H]1COc1nc(N2[C@@H]3CC[C@H]2CN(C2CNC2)C3)c2ccc(-c3cc(O)cc4ccccc34)cc2n1. The van der Waals surface area contributed by atoms with E-state index in [0.29, 0.717) is 36.8 Å². The van der Waals surface area contributed by atoms with Crippen LogP contribution < -0.4 is 15.0 Å². The van der Waals surface area contributed by atoms with Crippen molar-refractivity contribution in [2.45, 2.75) is 49.9 Å². The van der Waals surface area contributed by atoms with Gasteiger partial charge in [0.25, 0.3) is 0 Å². The highest BCUT2D eigenvalue weighted by atomic mass is 16.5. The molecule has 3 aromatic carbocycles. The summed E-state index contributed by atoms with van der Waals surface area (Å²) >= 11 is 0. The van der Waals surface area contributed by atoms with Crippen molar-refractivity contribution in [2.75, 3.05) is 51.3 Å². The Kier molecular flexibility index (Phi) is 6.23. The molecule has 0 unspecified atom stereocenters. The zero-order valence-electron chi connectivity index (χ0n) is 23.7. The van der Waals surface area contributed by atoms with Gasteiger partial charge in [-0.3, -0.25) is 4.90 Å². The van der Waals surface area contributed by atoms with Gasteiger partial charge in [0, 0.05) is 55.7 Å². The molecule has 0 amide bonds. The summed E-state index contributed by atoms with van der Waals surface area (Å²) in [6.07, 6.45) is 4.75. The molecule has 41 heavy (non-hydrogen) atoms. The largest absolute Gasteiger partial charge is 0.508 e. The van der Waals surface area contributed by atoms with Gasteiger partial charge in [0.15, 0.2) is 0 Å². The molecular weight excluding hydrogens is 512 g/mol. The van der Waals surface area contributed by atoms with E-state index in [9.17, 15) is 5.11 Å². The van der Waals surface area contributed by atoms with E-state index in [1.165, 1.54) is 19.3 Å². The highest BCUT2D eigenvalue weighted by molar-refractivity contribution is 6.01. The summed E-state index contributed by atoms with van der Waals surface area (Å²) in [7, 11) is 2.17. The number of likely N-dealkylation sites (tertiary alicyclic amines) is 2. The van der Waals surface area contributed by atoms with E-state index in [4.69, 9.17) is 14.7 Å². The van der Waals surface area contributed by atoms with Crippen LogP contribution in [-0.4, -0.2) is 95.4 Å². The zero-order chi connectivity index (χ0) is 27.5. The van der Waals surface area contributed by atoms with Crippen molar-refractivity contribution < 1.29 is 9.84 Å². The lowest BCUT2D eigenvalue weighted by Crippen LogP contribution is -2.64. The minimum atomic E-state index is 0.267. The molecule has 4 saturated heterocycles. The van der Waals surface area contributed by atoms with E-state index < -0.39 is 0 Å². The van der Waals surface area contributed by atoms with Crippen molar-refractivity contribution in [1.82, 2.24) is 25.1 Å². The number of likely N-dealkylation sites (N-methyl/N-ethyl adjacent to an activating group) is 1. The van der Waals surface area contributed by atoms with Crippen LogP contribution in [0.25, 0.3) is 32.8 Å². The number of piperazine rings is 1. The monoisotopic (exact) mass is 550 g/mol. The number of hydrogen-bond acceptors (Lipinski definition) is 8. The molecule has 8 heteroatoms. The number of fused-ring (bicyclic) bond motifs is 4. The summed E-state index contributed by atoms with van der Waals surface area (Å²) in [6, 6.07) is 20.8. The number of anilines is 1. The average Bonchev–Trinajstić information content (AvgIpc) is 3.48. The molecule has 5 heterocycles. The van der Waals surface area contributed by atoms with Crippen molar-refractivity contribution in [3.05, 3.63) is 54.6 Å². The molecule has 212 valence electrons. The van der Waals surface area contributed by atoms with Gasteiger partial charge in [0.1, 0.15) is 18.2 Å². The standard InChI is InChI=1S/C33H38N6O2/c1-37-12-4-6-25(37)20-41-33-35-31-14-22(30-15-27(40)13-21-5-2-3-7-28(21)30)8-11-29(31)32(36-33)39-23-9-10-24(39)19-38(18-23)26-16-34-17-26/h2-3,5,7-8,11,13-15,23-26,34,40H,4,6,9-10,12,16-20H2,1H3/t23-,24+,25-/m0/s1. The summed E-state index contributed by atoms with van der Waals surface area (Å²) in [4.78, 5) is 17.8. The molecule has 0 aliphatic carbocycles. The van der Waals surface area contributed by atoms with Crippen molar-refractivity contribution in [1.29, 1.82) is 0 Å². The smallest absolute Gasteiger partial charge is 0.319 e. The maximum atomic E-state index is 10.5. The van der Waals surface area contributed by atoms with Gasteiger partial charge in [0.2, 0.25) is 0 Å². The van der Waals surface area contributed by atoms with Gasteiger partial charge >= 0.3 is 6.01 Å². The minimum Gasteiger partial charge on any atom is -0.508 e. The van der Waals surface area contributed by atoms with Crippen LogP contribution in [0.3, 0.4) is 0 Å². The molecule has 4 aliphatic heterocycles. The molecule has 2 N–H and O–H groups in total. The van der Waals surface area contributed by atoms with Gasteiger partial charge in [-0.25, -0.2) is 0 Å². The van der Waals surface area contributed by atoms with Gasteiger partial charge in [0.05, 0.1) is 5.52 Å². The predicted molar refractivity (Wildman–Crippen MR) is 163 cm³/mol. The van der Waals surface area contributed by atoms with Crippen LogP contribution in [0, 0.1) is 0 Å². The normalized spacial score (nSPS) is 25.3. The van der Waals surface area contributed by atoms with Crippen LogP contribution in [0.5, 0.6) is 11.8 Å². The Balaban J connectivity index is 1.20. The van der Waals surface area contributed by atoms with Crippen molar-refractivity contribution in [3.63, 3.8) is 0 Å². The third kappa shape index (κ3) is 4.49. The molecule has 3 atom stereocenters. The third-order valence-corrected chi connectivity index (χ3v) is 9.92. The van der Waals surface area contributed by atoms with Gasteiger partial charge in [-0.1, -0.05) is 30.3 Å². The highest BCUT2D eigenvalue weighted by Crippen LogP contribution is 2.40. The van der Waals surface area contributed by atoms with Crippen LogP contribution in [0.4, 0.5) is 5.82 Å². The van der Waals surface area contributed by atoms with E-state index >= 15 is 0 Å². The molecule has 0 spiro atoms. The first-order valence-corrected chi connectivity index (χ1v) is 15.2. The van der Waals surface area contributed by atoms with E-state index in [1.54, 1.807) is 0 Å². The molecule has 8 rings (SSSR count). The fourth-order valence-electron chi connectivity index (χ4n) is 7.53. The number of aromatic nitrogens is 2. The van der Waals surface area contributed by atoms with E-state index in [0.717, 1.165) is 77.8 Å². The summed E-state index contributed by atoms with van der Waals surface area (Å²) in [5.74, 6) is 1.28. The molecule has 0 saturated carbocycles. The lowest BCUT2D eigenvalue weighted by atomic mass is 9.97. The van der Waals surface area contributed by atoms with E-state index in [2.05, 4.69) is 51.3 Å². The Hall–Kier alpha value is -3.46. The molecule has 1 aromatic heterocycles. The van der Waals surface area contributed by atoms with Crippen molar-refractivity contribution in [2.24, 2.45) is 0 Å². The second-order valence-electron chi connectivity index (χ2n) is 12.4. The van der Waals surface area contributed by atoms with Crippen LogP contribution in [0.1, 0.15) is 25.7 Å².